The first-order valence-corrected chi connectivity index (χ1v) is 6.01. The Morgan fingerprint density at radius 1 is 1.32 bits per heavy atom. The number of hydrogen-bond donors (Lipinski definition) is 2. The Morgan fingerprint density at radius 2 is 2.11 bits per heavy atom. The van der Waals surface area contributed by atoms with Crippen molar-refractivity contribution in [3.05, 3.63) is 36.0 Å². The molecule has 0 atom stereocenters. The highest BCUT2D eigenvalue weighted by molar-refractivity contribution is 5.52. The number of nitrogens with one attached hydrogen (secondary N) is 2. The summed E-state index contributed by atoms with van der Waals surface area (Å²) in [5, 5.41) is 9.67. The maximum absolute atomic E-state index is 14.2. The van der Waals surface area contributed by atoms with Crippen LogP contribution in [-0.4, -0.2) is 15.7 Å². The second-order valence-corrected chi connectivity index (χ2v) is 5.25. The molecule has 2 aromatic rings. The van der Waals surface area contributed by atoms with Crippen molar-refractivity contribution in [1.29, 1.82) is 0 Å². The maximum atomic E-state index is 14.2. The minimum Gasteiger partial charge on any atom is -0.363 e. The number of hydrogen-bond acceptors (Lipinski definition) is 5. The first kappa shape index (κ1) is 13.5. The summed E-state index contributed by atoms with van der Waals surface area (Å²) >= 11 is 0. The van der Waals surface area contributed by atoms with Crippen LogP contribution in [0.15, 0.2) is 29.1 Å². The quantitative estimate of drug-likeness (QED) is 0.889. The molecule has 0 aliphatic rings. The Bertz CT molecular complexity index is 534. The molecule has 19 heavy (non-hydrogen) atoms. The lowest BCUT2D eigenvalue weighted by molar-refractivity contribution is 0.418. The molecule has 2 aromatic heterocycles. The fourth-order valence-corrected chi connectivity index (χ4v) is 1.47. The van der Waals surface area contributed by atoms with Crippen LogP contribution in [-0.2, 0) is 6.54 Å². The second kappa shape index (κ2) is 5.36. The molecule has 0 aliphatic carbocycles. The van der Waals surface area contributed by atoms with Crippen molar-refractivity contribution in [3.63, 3.8) is 0 Å². The van der Waals surface area contributed by atoms with Crippen molar-refractivity contribution in [2.24, 2.45) is 0 Å². The molecule has 0 amide bonds. The molecule has 2 N–H and O–H groups in total. The van der Waals surface area contributed by atoms with Crippen LogP contribution in [0.4, 0.5) is 16.0 Å². The number of anilines is 2. The topological polar surface area (TPSA) is 63.0 Å². The van der Waals surface area contributed by atoms with Crippen LogP contribution in [0.5, 0.6) is 0 Å². The minimum atomic E-state index is -0.387. The van der Waals surface area contributed by atoms with Crippen LogP contribution < -0.4 is 10.6 Å². The third-order valence-corrected chi connectivity index (χ3v) is 2.46. The molecule has 102 valence electrons. The molecule has 0 saturated carbocycles. The molecule has 5 nitrogen and oxygen atoms in total. The van der Waals surface area contributed by atoms with Crippen LogP contribution in [0.1, 0.15) is 26.3 Å². The molecule has 0 aliphatic heterocycles. The summed E-state index contributed by atoms with van der Waals surface area (Å²) in [6.45, 7) is 6.52. The molecular weight excluding hydrogens is 247 g/mol. The number of aromatic nitrogens is 2. The van der Waals surface area contributed by atoms with Crippen LogP contribution in [0.25, 0.3) is 0 Å². The lowest BCUT2D eigenvalue weighted by atomic mass is 10.1. The van der Waals surface area contributed by atoms with Gasteiger partial charge in [-0.25, -0.2) is 9.37 Å². The summed E-state index contributed by atoms with van der Waals surface area (Å²) in [5.74, 6) is 0.177. The summed E-state index contributed by atoms with van der Waals surface area (Å²) in [6, 6.07) is 3.25. The highest BCUT2D eigenvalue weighted by Crippen LogP contribution is 2.19. The fraction of sp³-hybridized carbons (Fsp3) is 0.385. The molecule has 0 fully saturated rings. The number of nitrogens with zero attached hydrogens (tertiary/aromatic N) is 2. The van der Waals surface area contributed by atoms with E-state index in [1.807, 2.05) is 20.8 Å². The Morgan fingerprint density at radius 3 is 2.74 bits per heavy atom. The van der Waals surface area contributed by atoms with E-state index in [9.17, 15) is 4.39 Å². The van der Waals surface area contributed by atoms with E-state index in [0.29, 0.717) is 17.9 Å². The van der Waals surface area contributed by atoms with Crippen molar-refractivity contribution < 1.29 is 8.91 Å². The van der Waals surface area contributed by atoms with Gasteiger partial charge >= 0.3 is 0 Å². The average molecular weight is 264 g/mol. The number of halogens is 1. The van der Waals surface area contributed by atoms with E-state index >= 15 is 0 Å². The van der Waals surface area contributed by atoms with Gasteiger partial charge in [-0.15, -0.1) is 0 Å². The Balaban J connectivity index is 2.13. The maximum Gasteiger partial charge on any atom is 0.174 e. The van der Waals surface area contributed by atoms with Crippen LogP contribution >= 0.6 is 0 Å². The first-order chi connectivity index (χ1) is 8.96. The van der Waals surface area contributed by atoms with E-state index < -0.39 is 0 Å². The predicted octanol–water partition coefficient (Wildman–Crippen LogP) is 2.84. The van der Waals surface area contributed by atoms with Crippen molar-refractivity contribution in [2.75, 3.05) is 5.32 Å². The third-order valence-electron chi connectivity index (χ3n) is 2.46. The van der Waals surface area contributed by atoms with E-state index in [-0.39, 0.29) is 17.2 Å². The van der Waals surface area contributed by atoms with Crippen molar-refractivity contribution in [2.45, 2.75) is 32.9 Å². The van der Waals surface area contributed by atoms with Gasteiger partial charge in [-0.3, -0.25) is 0 Å². The molecule has 0 aromatic carbocycles. The van der Waals surface area contributed by atoms with Gasteiger partial charge in [0.2, 0.25) is 0 Å². The van der Waals surface area contributed by atoms with Gasteiger partial charge in [0.05, 0.1) is 0 Å². The molecule has 0 saturated heterocycles. The average Bonchev–Trinajstić information content (AvgIpc) is 2.82. The molecule has 6 heteroatoms. The monoisotopic (exact) mass is 264 g/mol. The molecular formula is C13H17FN4O. The van der Waals surface area contributed by atoms with Gasteiger partial charge in [-0.2, -0.15) is 0 Å². The molecule has 2 rings (SSSR count). The minimum absolute atomic E-state index is 0.0740. The third kappa shape index (κ3) is 3.75. The summed E-state index contributed by atoms with van der Waals surface area (Å²) in [6.07, 6.45) is 2.97. The lowest BCUT2D eigenvalue weighted by Gasteiger charge is -2.21. The lowest BCUT2D eigenvalue weighted by Crippen LogP contribution is -2.35. The molecule has 0 unspecified atom stereocenters. The van der Waals surface area contributed by atoms with Crippen molar-refractivity contribution >= 4 is 11.6 Å². The predicted molar refractivity (Wildman–Crippen MR) is 70.6 cm³/mol. The van der Waals surface area contributed by atoms with Gasteiger partial charge in [0.1, 0.15) is 6.26 Å². The van der Waals surface area contributed by atoms with Gasteiger partial charge in [0.25, 0.3) is 0 Å². The summed E-state index contributed by atoms with van der Waals surface area (Å²) < 4.78 is 18.9. The summed E-state index contributed by atoms with van der Waals surface area (Å²) in [5.41, 5.74) is 0.478. The van der Waals surface area contributed by atoms with Gasteiger partial charge in [-0.05, 0) is 26.8 Å². The molecule has 0 radical (unpaired) electrons. The van der Waals surface area contributed by atoms with Gasteiger partial charge in [0.15, 0.2) is 17.5 Å². The Hall–Kier alpha value is -1.95. The Labute approximate surface area is 111 Å². The van der Waals surface area contributed by atoms with E-state index in [1.54, 1.807) is 18.3 Å². The standard InChI is InChI=1S/C13H17FN4O/c1-13(2,3)16-8-9-4-6-15-12(11(9)14)17-10-5-7-19-18-10/h4-7,16H,8H2,1-3H3,(H,15,17,18). The smallest absolute Gasteiger partial charge is 0.174 e. The first-order valence-electron chi connectivity index (χ1n) is 6.01. The van der Waals surface area contributed by atoms with Crippen molar-refractivity contribution in [3.8, 4) is 0 Å². The highest BCUT2D eigenvalue weighted by Gasteiger charge is 2.14. The summed E-state index contributed by atoms with van der Waals surface area (Å²) in [7, 11) is 0. The fourth-order valence-electron chi connectivity index (χ4n) is 1.47. The molecule has 0 spiro atoms. The van der Waals surface area contributed by atoms with E-state index in [2.05, 4.69) is 25.3 Å². The highest BCUT2D eigenvalue weighted by atomic mass is 19.1. The van der Waals surface area contributed by atoms with E-state index in [4.69, 9.17) is 0 Å². The second-order valence-electron chi connectivity index (χ2n) is 5.25. The van der Waals surface area contributed by atoms with Gasteiger partial charge in [0, 0.05) is 29.9 Å². The summed E-state index contributed by atoms with van der Waals surface area (Å²) in [4.78, 5) is 3.96. The van der Waals surface area contributed by atoms with E-state index in [0.717, 1.165) is 0 Å². The van der Waals surface area contributed by atoms with Gasteiger partial charge < -0.3 is 15.2 Å². The molecule has 2 heterocycles. The largest absolute Gasteiger partial charge is 0.363 e. The van der Waals surface area contributed by atoms with Crippen LogP contribution in [0.2, 0.25) is 0 Å². The van der Waals surface area contributed by atoms with Crippen molar-refractivity contribution in [1.82, 2.24) is 15.5 Å². The SMILES string of the molecule is CC(C)(C)NCc1ccnc(Nc2ccon2)c1F. The zero-order valence-electron chi connectivity index (χ0n) is 11.2. The van der Waals surface area contributed by atoms with Crippen LogP contribution in [0.3, 0.4) is 0 Å². The van der Waals surface area contributed by atoms with Crippen LogP contribution in [0, 0.1) is 5.82 Å². The zero-order chi connectivity index (χ0) is 13.9. The van der Waals surface area contributed by atoms with E-state index in [1.165, 1.54) is 6.26 Å². The normalized spacial score (nSPS) is 11.6. The zero-order valence-corrected chi connectivity index (χ0v) is 11.2. The van der Waals surface area contributed by atoms with Gasteiger partial charge in [-0.1, -0.05) is 5.16 Å². The number of pyridine rings is 1. The molecule has 0 bridgehead atoms. The number of rotatable bonds is 4. The Kier molecular flexibility index (Phi) is 3.80.